The minimum absolute atomic E-state index is 0.0762. The Morgan fingerprint density at radius 1 is 1.23 bits per heavy atom. The molecule has 2 N–H and O–H groups in total. The van der Waals surface area contributed by atoms with E-state index in [0.29, 0.717) is 18.0 Å². The van der Waals surface area contributed by atoms with Crippen molar-refractivity contribution in [1.82, 2.24) is 4.72 Å². The van der Waals surface area contributed by atoms with Gasteiger partial charge in [-0.3, -0.25) is 4.79 Å². The number of hydrogen-bond acceptors (Lipinski definition) is 5. The predicted octanol–water partition coefficient (Wildman–Crippen LogP) is 3.99. The van der Waals surface area contributed by atoms with Crippen LogP contribution in [0.5, 0.6) is 5.75 Å². The van der Waals surface area contributed by atoms with Gasteiger partial charge in [0, 0.05) is 23.3 Å². The first-order valence-corrected chi connectivity index (χ1v) is 12.4. The molecule has 7 nitrogen and oxygen atoms in total. The topological polar surface area (TPSA) is 93.7 Å². The zero-order valence-corrected chi connectivity index (χ0v) is 20.3. The lowest BCUT2D eigenvalue weighted by molar-refractivity contribution is -0.118. The summed E-state index contributed by atoms with van der Waals surface area (Å²) in [6, 6.07) is 9.71. The summed E-state index contributed by atoms with van der Waals surface area (Å²) in [6.07, 6.45) is 1.72. The molecule has 0 saturated carbocycles. The van der Waals surface area contributed by atoms with Crippen LogP contribution in [-0.2, 0) is 19.6 Å². The summed E-state index contributed by atoms with van der Waals surface area (Å²) in [5.41, 5.74) is 1.36. The standard InChI is InChI=1S/C20H22Br2N2O5S/c1-13-9-14(21)10-18(22)20(13)29-12-19(25)24-15-4-6-17(7-5-15)30(26,27)23-11-16-3-2-8-28-16/h4-7,9-10,16,23H,2-3,8,11-12H2,1H3,(H,24,25). The summed E-state index contributed by atoms with van der Waals surface area (Å²) in [7, 11) is -3.63. The minimum atomic E-state index is -3.63. The predicted molar refractivity (Wildman–Crippen MR) is 121 cm³/mol. The normalized spacial score (nSPS) is 16.4. The third-order valence-electron chi connectivity index (χ3n) is 4.52. The van der Waals surface area contributed by atoms with E-state index in [-0.39, 0.29) is 30.1 Å². The number of carbonyl (C=O) groups is 1. The van der Waals surface area contributed by atoms with Crippen LogP contribution >= 0.6 is 31.9 Å². The lowest BCUT2D eigenvalue weighted by atomic mass is 10.2. The van der Waals surface area contributed by atoms with Crippen LogP contribution in [0.15, 0.2) is 50.2 Å². The molecule has 1 aliphatic rings. The fourth-order valence-corrected chi connectivity index (χ4v) is 5.63. The number of ether oxygens (including phenoxy) is 2. The van der Waals surface area contributed by atoms with Crippen LogP contribution in [0.4, 0.5) is 5.69 Å². The highest BCUT2D eigenvalue weighted by molar-refractivity contribution is 9.11. The number of amides is 1. The van der Waals surface area contributed by atoms with Gasteiger partial charge in [-0.2, -0.15) is 0 Å². The molecule has 1 heterocycles. The third kappa shape index (κ3) is 6.27. The SMILES string of the molecule is Cc1cc(Br)cc(Br)c1OCC(=O)Nc1ccc(S(=O)(=O)NCC2CCCO2)cc1. The third-order valence-corrected chi connectivity index (χ3v) is 7.00. The van der Waals surface area contributed by atoms with E-state index in [9.17, 15) is 13.2 Å². The second-order valence-corrected chi connectivity index (χ2v) is 10.4. The van der Waals surface area contributed by atoms with Gasteiger partial charge in [0.05, 0.1) is 15.5 Å². The van der Waals surface area contributed by atoms with Gasteiger partial charge in [-0.25, -0.2) is 13.1 Å². The number of hydrogen-bond donors (Lipinski definition) is 2. The van der Waals surface area contributed by atoms with Crippen LogP contribution in [-0.4, -0.2) is 40.2 Å². The molecule has 30 heavy (non-hydrogen) atoms. The molecule has 10 heteroatoms. The summed E-state index contributed by atoms with van der Waals surface area (Å²) < 4.78 is 40.0. The molecule has 0 aliphatic carbocycles. The molecule has 0 aromatic heterocycles. The van der Waals surface area contributed by atoms with Crippen molar-refractivity contribution in [3.8, 4) is 5.75 Å². The Labute approximate surface area is 192 Å². The first kappa shape index (κ1) is 23.2. The van der Waals surface area contributed by atoms with E-state index < -0.39 is 10.0 Å². The summed E-state index contributed by atoms with van der Waals surface area (Å²) in [5.74, 6) is 0.239. The Bertz CT molecular complexity index is 983. The smallest absolute Gasteiger partial charge is 0.262 e. The average Bonchev–Trinajstić information content (AvgIpc) is 3.20. The van der Waals surface area contributed by atoms with Gasteiger partial charge < -0.3 is 14.8 Å². The molecule has 1 unspecified atom stereocenters. The van der Waals surface area contributed by atoms with Crippen LogP contribution in [0.25, 0.3) is 0 Å². The van der Waals surface area contributed by atoms with Crippen molar-refractivity contribution in [3.63, 3.8) is 0 Å². The maximum Gasteiger partial charge on any atom is 0.262 e. The number of rotatable bonds is 8. The highest BCUT2D eigenvalue weighted by atomic mass is 79.9. The van der Waals surface area contributed by atoms with Crippen molar-refractivity contribution in [3.05, 3.63) is 50.9 Å². The first-order valence-electron chi connectivity index (χ1n) is 9.34. The first-order chi connectivity index (χ1) is 14.2. The van der Waals surface area contributed by atoms with Crippen LogP contribution in [0.3, 0.4) is 0 Å². The van der Waals surface area contributed by atoms with Gasteiger partial charge in [0.1, 0.15) is 5.75 Å². The van der Waals surface area contributed by atoms with Crippen molar-refractivity contribution >= 4 is 53.5 Å². The molecule has 0 spiro atoms. The van der Waals surface area contributed by atoms with E-state index >= 15 is 0 Å². The van der Waals surface area contributed by atoms with Gasteiger partial charge >= 0.3 is 0 Å². The minimum Gasteiger partial charge on any atom is -0.482 e. The molecule has 1 fully saturated rings. The van der Waals surface area contributed by atoms with E-state index in [1.54, 1.807) is 12.1 Å². The molecule has 1 saturated heterocycles. The van der Waals surface area contributed by atoms with Crippen molar-refractivity contribution in [1.29, 1.82) is 0 Å². The van der Waals surface area contributed by atoms with E-state index in [0.717, 1.165) is 27.4 Å². The van der Waals surface area contributed by atoms with E-state index in [1.165, 1.54) is 12.1 Å². The quantitative estimate of drug-likeness (QED) is 0.508. The fourth-order valence-electron chi connectivity index (χ4n) is 3.02. The summed E-state index contributed by atoms with van der Waals surface area (Å²) in [4.78, 5) is 12.3. The Morgan fingerprint density at radius 2 is 1.97 bits per heavy atom. The van der Waals surface area contributed by atoms with Crippen molar-refractivity contribution in [2.45, 2.75) is 30.8 Å². The number of nitrogens with one attached hydrogen (secondary N) is 2. The molecule has 2 aromatic carbocycles. The zero-order chi connectivity index (χ0) is 21.7. The number of sulfonamides is 1. The van der Waals surface area contributed by atoms with Gasteiger partial charge in [0.2, 0.25) is 10.0 Å². The largest absolute Gasteiger partial charge is 0.482 e. The second-order valence-electron chi connectivity index (χ2n) is 6.88. The maximum atomic E-state index is 12.4. The van der Waals surface area contributed by atoms with Crippen molar-refractivity contribution < 1.29 is 22.7 Å². The zero-order valence-electron chi connectivity index (χ0n) is 16.3. The van der Waals surface area contributed by atoms with Crippen LogP contribution in [0.2, 0.25) is 0 Å². The Morgan fingerprint density at radius 3 is 2.60 bits per heavy atom. The molecule has 1 aliphatic heterocycles. The lowest BCUT2D eigenvalue weighted by Crippen LogP contribution is -2.31. The fraction of sp³-hybridized carbons (Fsp3) is 0.350. The van der Waals surface area contributed by atoms with Crippen molar-refractivity contribution in [2.24, 2.45) is 0 Å². The van der Waals surface area contributed by atoms with E-state index in [2.05, 4.69) is 41.9 Å². The number of anilines is 1. The molecule has 162 valence electrons. The summed E-state index contributed by atoms with van der Waals surface area (Å²) in [6.45, 7) is 2.63. The monoisotopic (exact) mass is 560 g/mol. The number of halogens is 2. The Balaban J connectivity index is 1.54. The molecular formula is C20H22Br2N2O5S. The van der Waals surface area contributed by atoms with Crippen LogP contribution in [0, 0.1) is 6.92 Å². The Kier molecular flexibility index (Phi) is 7.92. The van der Waals surface area contributed by atoms with Crippen LogP contribution < -0.4 is 14.8 Å². The maximum absolute atomic E-state index is 12.4. The highest BCUT2D eigenvalue weighted by Gasteiger charge is 2.20. The molecule has 3 rings (SSSR count). The van der Waals surface area contributed by atoms with Crippen LogP contribution in [0.1, 0.15) is 18.4 Å². The van der Waals surface area contributed by atoms with Gasteiger partial charge in [-0.05, 0) is 77.7 Å². The average molecular weight is 562 g/mol. The molecule has 0 bridgehead atoms. The van der Waals surface area contributed by atoms with Gasteiger partial charge in [0.15, 0.2) is 6.61 Å². The molecule has 0 radical (unpaired) electrons. The van der Waals surface area contributed by atoms with Crippen molar-refractivity contribution in [2.75, 3.05) is 25.1 Å². The number of carbonyl (C=O) groups excluding carboxylic acids is 1. The summed E-state index contributed by atoms with van der Waals surface area (Å²) in [5, 5.41) is 2.69. The second kappa shape index (κ2) is 10.2. The lowest BCUT2D eigenvalue weighted by Gasteiger charge is -2.13. The Hall–Kier alpha value is -1.46. The van der Waals surface area contributed by atoms with Gasteiger partial charge in [-0.1, -0.05) is 15.9 Å². The number of aryl methyl sites for hydroxylation is 1. The summed E-state index contributed by atoms with van der Waals surface area (Å²) >= 11 is 6.82. The number of benzene rings is 2. The molecule has 2 aromatic rings. The van der Waals surface area contributed by atoms with Gasteiger partial charge in [-0.15, -0.1) is 0 Å². The van der Waals surface area contributed by atoms with E-state index in [1.807, 2.05) is 19.1 Å². The van der Waals surface area contributed by atoms with Gasteiger partial charge in [0.25, 0.3) is 5.91 Å². The van der Waals surface area contributed by atoms with E-state index in [4.69, 9.17) is 9.47 Å². The molecule has 1 atom stereocenters. The molecule has 1 amide bonds. The highest BCUT2D eigenvalue weighted by Crippen LogP contribution is 2.32. The molecular weight excluding hydrogens is 540 g/mol.